The molecule has 2 aliphatic rings. The molecule has 1 aromatic heterocycles. The number of rotatable bonds is 6. The van der Waals surface area contributed by atoms with Crippen molar-refractivity contribution < 1.29 is 14.3 Å². The smallest absolute Gasteiger partial charge is 0.271 e. The minimum Gasteiger partial charge on any atom is -0.497 e. The van der Waals surface area contributed by atoms with Gasteiger partial charge in [0.15, 0.2) is 0 Å². The van der Waals surface area contributed by atoms with Gasteiger partial charge in [-0.2, -0.15) is 5.10 Å². The lowest BCUT2D eigenvalue weighted by Gasteiger charge is -2.38. The molecule has 2 N–H and O–H groups in total. The number of aromatic nitrogens is 2. The number of carbonyl (C=O) groups is 1. The van der Waals surface area contributed by atoms with Crippen molar-refractivity contribution in [2.75, 3.05) is 40.0 Å². The summed E-state index contributed by atoms with van der Waals surface area (Å²) in [6.45, 7) is 3.93. The quantitative estimate of drug-likeness (QED) is 0.731. The lowest BCUT2D eigenvalue weighted by Crippen LogP contribution is -2.44. The minimum absolute atomic E-state index is 0. The van der Waals surface area contributed by atoms with E-state index in [2.05, 4.69) is 27.9 Å². The van der Waals surface area contributed by atoms with Gasteiger partial charge in [0.2, 0.25) is 0 Å². The van der Waals surface area contributed by atoms with Crippen molar-refractivity contribution in [3.05, 3.63) is 47.8 Å². The third-order valence-electron chi connectivity index (χ3n) is 6.23. The molecule has 2 fully saturated rings. The van der Waals surface area contributed by atoms with E-state index in [1.807, 2.05) is 29.1 Å². The Bertz CT molecular complexity index is 812. The molecule has 164 valence electrons. The first-order valence-electron chi connectivity index (χ1n) is 10.5. The summed E-state index contributed by atoms with van der Waals surface area (Å²) in [6, 6.07) is 10.3. The number of methoxy groups -OCH3 is 1. The van der Waals surface area contributed by atoms with E-state index in [4.69, 9.17) is 9.47 Å². The maximum absolute atomic E-state index is 12.8. The molecule has 7 nitrogen and oxygen atoms in total. The topological polar surface area (TPSA) is 77.4 Å². The van der Waals surface area contributed by atoms with Gasteiger partial charge < -0.3 is 20.1 Å². The Morgan fingerprint density at radius 2 is 2.07 bits per heavy atom. The summed E-state index contributed by atoms with van der Waals surface area (Å²) in [5.74, 6) is 0.717. The third kappa shape index (κ3) is 4.96. The number of halogens is 1. The Morgan fingerprint density at radius 3 is 2.73 bits per heavy atom. The molecule has 0 bridgehead atoms. The maximum Gasteiger partial charge on any atom is 0.271 e. The molecule has 30 heavy (non-hydrogen) atoms. The van der Waals surface area contributed by atoms with Crippen LogP contribution in [0.4, 0.5) is 0 Å². The molecule has 1 amide bonds. The zero-order valence-corrected chi connectivity index (χ0v) is 18.2. The van der Waals surface area contributed by atoms with Gasteiger partial charge in [-0.05, 0) is 56.0 Å². The van der Waals surface area contributed by atoms with E-state index in [0.29, 0.717) is 31.5 Å². The second-order valence-electron chi connectivity index (χ2n) is 7.99. The Labute approximate surface area is 183 Å². The number of hydrogen-bond donors (Lipinski definition) is 2. The van der Waals surface area contributed by atoms with E-state index in [1.54, 1.807) is 7.11 Å². The van der Waals surface area contributed by atoms with E-state index in [1.165, 1.54) is 5.56 Å². The van der Waals surface area contributed by atoms with Crippen LogP contribution in [0.2, 0.25) is 0 Å². The number of nitrogens with zero attached hydrogens (tertiary/aromatic N) is 2. The van der Waals surface area contributed by atoms with E-state index in [0.717, 1.165) is 44.5 Å². The molecule has 0 saturated carbocycles. The second-order valence-corrected chi connectivity index (χ2v) is 7.99. The highest BCUT2D eigenvalue weighted by Crippen LogP contribution is 2.35. The number of nitrogens with one attached hydrogen (secondary N) is 2. The SMILES string of the molecule is COc1ccc(C2(CNC(=O)c3ccn(C4CCCNC4)n3)CCOCC2)cc1.Cl. The summed E-state index contributed by atoms with van der Waals surface area (Å²) in [5, 5.41) is 11.1. The van der Waals surface area contributed by atoms with Gasteiger partial charge in [0.25, 0.3) is 5.91 Å². The average molecular weight is 435 g/mol. The molecule has 1 atom stereocenters. The van der Waals surface area contributed by atoms with E-state index < -0.39 is 0 Å². The first-order chi connectivity index (χ1) is 14.2. The van der Waals surface area contributed by atoms with Crippen molar-refractivity contribution in [1.82, 2.24) is 20.4 Å². The Balaban J connectivity index is 0.00000256. The van der Waals surface area contributed by atoms with Crippen molar-refractivity contribution in [2.24, 2.45) is 0 Å². The van der Waals surface area contributed by atoms with Crippen LogP contribution in [0.15, 0.2) is 36.5 Å². The van der Waals surface area contributed by atoms with Crippen LogP contribution in [0.25, 0.3) is 0 Å². The van der Waals surface area contributed by atoms with Gasteiger partial charge in [-0.1, -0.05) is 12.1 Å². The molecule has 8 heteroatoms. The predicted octanol–water partition coefficient (Wildman–Crippen LogP) is 2.72. The molecular formula is C22H31ClN4O3. The highest BCUT2D eigenvalue weighted by Gasteiger charge is 2.35. The van der Waals surface area contributed by atoms with E-state index in [-0.39, 0.29) is 23.7 Å². The molecular weight excluding hydrogens is 404 g/mol. The van der Waals surface area contributed by atoms with Gasteiger partial charge in [0.05, 0.1) is 13.2 Å². The molecule has 0 radical (unpaired) electrons. The summed E-state index contributed by atoms with van der Waals surface area (Å²) in [5.41, 5.74) is 1.56. The molecule has 2 aliphatic heterocycles. The van der Waals surface area contributed by atoms with Gasteiger partial charge in [-0.25, -0.2) is 0 Å². The zero-order chi connectivity index (χ0) is 20.1. The summed E-state index contributed by atoms with van der Waals surface area (Å²) < 4.78 is 12.8. The number of benzene rings is 1. The summed E-state index contributed by atoms with van der Waals surface area (Å²) in [7, 11) is 1.67. The van der Waals surface area contributed by atoms with Crippen LogP contribution in [-0.4, -0.2) is 55.6 Å². The van der Waals surface area contributed by atoms with Crippen LogP contribution < -0.4 is 15.4 Å². The second kappa shape index (κ2) is 10.3. The molecule has 4 rings (SSSR count). The summed E-state index contributed by atoms with van der Waals surface area (Å²) in [4.78, 5) is 12.8. The Hall–Kier alpha value is -2.09. The van der Waals surface area contributed by atoms with Crippen LogP contribution in [0.1, 0.15) is 47.8 Å². The Kier molecular flexibility index (Phi) is 7.75. The molecule has 0 aliphatic carbocycles. The van der Waals surface area contributed by atoms with Crippen LogP contribution in [0, 0.1) is 0 Å². The molecule has 1 aromatic carbocycles. The Morgan fingerprint density at radius 1 is 1.30 bits per heavy atom. The van der Waals surface area contributed by atoms with Crippen molar-refractivity contribution in [3.63, 3.8) is 0 Å². The molecule has 2 aromatic rings. The summed E-state index contributed by atoms with van der Waals surface area (Å²) in [6.07, 6.45) is 5.90. The van der Waals surface area contributed by atoms with Crippen LogP contribution in [0.3, 0.4) is 0 Å². The van der Waals surface area contributed by atoms with E-state index >= 15 is 0 Å². The van der Waals surface area contributed by atoms with Crippen molar-refractivity contribution in [3.8, 4) is 5.75 Å². The predicted molar refractivity (Wildman–Crippen MR) is 118 cm³/mol. The zero-order valence-electron chi connectivity index (χ0n) is 17.4. The van der Waals surface area contributed by atoms with Gasteiger partial charge in [-0.15, -0.1) is 12.4 Å². The monoisotopic (exact) mass is 434 g/mol. The third-order valence-corrected chi connectivity index (χ3v) is 6.23. The fraction of sp³-hybridized carbons (Fsp3) is 0.545. The maximum atomic E-state index is 12.8. The van der Waals surface area contributed by atoms with Crippen molar-refractivity contribution >= 4 is 18.3 Å². The van der Waals surface area contributed by atoms with Crippen LogP contribution in [-0.2, 0) is 10.2 Å². The normalized spacial score (nSPS) is 20.8. The van der Waals surface area contributed by atoms with E-state index in [9.17, 15) is 4.79 Å². The van der Waals surface area contributed by atoms with Crippen LogP contribution in [0.5, 0.6) is 5.75 Å². The summed E-state index contributed by atoms with van der Waals surface area (Å²) >= 11 is 0. The fourth-order valence-electron chi connectivity index (χ4n) is 4.34. The minimum atomic E-state index is -0.129. The van der Waals surface area contributed by atoms with Crippen molar-refractivity contribution in [2.45, 2.75) is 37.1 Å². The standard InChI is InChI=1S/C22H30N4O3.ClH/c1-28-19-6-4-17(5-7-19)22(9-13-29-14-10-22)16-24-21(27)20-8-12-26(25-20)18-3-2-11-23-15-18;/h4-8,12,18,23H,2-3,9-11,13-16H2,1H3,(H,24,27);1H. The number of carbonyl (C=O) groups excluding carboxylic acids is 1. The number of amides is 1. The molecule has 0 spiro atoms. The lowest BCUT2D eigenvalue weighted by atomic mass is 9.74. The molecule has 1 unspecified atom stereocenters. The lowest BCUT2D eigenvalue weighted by molar-refractivity contribution is 0.0486. The largest absolute Gasteiger partial charge is 0.497 e. The van der Waals surface area contributed by atoms with Gasteiger partial charge in [0, 0.05) is 37.9 Å². The van der Waals surface area contributed by atoms with Gasteiger partial charge in [-0.3, -0.25) is 9.48 Å². The van der Waals surface area contributed by atoms with Crippen LogP contribution >= 0.6 is 12.4 Å². The average Bonchev–Trinajstić information content (AvgIpc) is 3.29. The fourth-order valence-corrected chi connectivity index (χ4v) is 4.34. The highest BCUT2D eigenvalue weighted by molar-refractivity contribution is 5.92. The number of hydrogen-bond acceptors (Lipinski definition) is 5. The first-order valence-corrected chi connectivity index (χ1v) is 10.5. The van der Waals surface area contributed by atoms with Crippen molar-refractivity contribution in [1.29, 1.82) is 0 Å². The number of ether oxygens (including phenoxy) is 2. The molecule has 3 heterocycles. The first kappa shape index (κ1) is 22.6. The van der Waals surface area contributed by atoms with Gasteiger partial charge in [0.1, 0.15) is 11.4 Å². The molecule has 2 saturated heterocycles. The highest BCUT2D eigenvalue weighted by atomic mass is 35.5. The number of piperidine rings is 1. The van der Waals surface area contributed by atoms with Gasteiger partial charge >= 0.3 is 0 Å².